The summed E-state index contributed by atoms with van der Waals surface area (Å²) in [5.41, 5.74) is 0.694. The Morgan fingerprint density at radius 1 is 1.12 bits per heavy atom. The van der Waals surface area contributed by atoms with E-state index in [9.17, 15) is 14.9 Å². The number of carbonyl (C=O) groups excluding carboxylic acids is 1. The molecule has 0 fully saturated rings. The number of likely N-dealkylation sites (N-methyl/N-ethyl adjacent to an activating group) is 1. The number of rotatable bonds is 7. The van der Waals surface area contributed by atoms with Gasteiger partial charge in [0, 0.05) is 25.2 Å². The Morgan fingerprint density at radius 3 is 2.42 bits per heavy atom. The van der Waals surface area contributed by atoms with Crippen molar-refractivity contribution in [1.82, 2.24) is 4.90 Å². The van der Waals surface area contributed by atoms with Crippen LogP contribution in [0.4, 0.5) is 5.69 Å². The molecule has 0 aliphatic rings. The van der Waals surface area contributed by atoms with E-state index in [-0.39, 0.29) is 24.0 Å². The predicted octanol–water partition coefficient (Wildman–Crippen LogP) is 2.64. The van der Waals surface area contributed by atoms with E-state index < -0.39 is 4.92 Å². The highest BCUT2D eigenvalue weighted by molar-refractivity contribution is 5.77. The minimum atomic E-state index is -0.543. The molecule has 7 heteroatoms. The van der Waals surface area contributed by atoms with Crippen LogP contribution >= 0.6 is 0 Å². The summed E-state index contributed by atoms with van der Waals surface area (Å²) in [6.45, 7) is 0.0690. The van der Waals surface area contributed by atoms with Crippen molar-refractivity contribution in [3.63, 3.8) is 0 Å². The van der Waals surface area contributed by atoms with E-state index in [0.717, 1.165) is 5.56 Å². The van der Waals surface area contributed by atoms with E-state index >= 15 is 0 Å². The monoisotopic (exact) mass is 330 g/mol. The molecular weight excluding hydrogens is 312 g/mol. The molecule has 2 rings (SSSR count). The molecule has 7 nitrogen and oxygen atoms in total. The van der Waals surface area contributed by atoms with Crippen molar-refractivity contribution in [2.45, 2.75) is 6.54 Å². The Hall–Kier alpha value is -3.09. The zero-order valence-corrected chi connectivity index (χ0v) is 13.5. The maximum Gasteiger partial charge on any atom is 0.310 e. The summed E-state index contributed by atoms with van der Waals surface area (Å²) in [6.07, 6.45) is 0. The highest BCUT2D eigenvalue weighted by Gasteiger charge is 2.17. The summed E-state index contributed by atoms with van der Waals surface area (Å²) < 4.78 is 10.6. The van der Waals surface area contributed by atoms with Crippen molar-refractivity contribution >= 4 is 11.6 Å². The maximum atomic E-state index is 12.2. The first-order valence-corrected chi connectivity index (χ1v) is 7.25. The standard InChI is InChI=1S/C17H18N2O5/c1-18(11-13-7-3-5-9-15(13)23-2)17(20)12-24-16-10-6-4-8-14(16)19(21)22/h3-10H,11-12H2,1-2H3. The summed E-state index contributed by atoms with van der Waals surface area (Å²) in [5.74, 6) is 0.470. The van der Waals surface area contributed by atoms with Gasteiger partial charge in [-0.1, -0.05) is 30.3 Å². The van der Waals surface area contributed by atoms with Crippen LogP contribution in [0.5, 0.6) is 11.5 Å². The van der Waals surface area contributed by atoms with Gasteiger partial charge in [0.25, 0.3) is 5.91 Å². The topological polar surface area (TPSA) is 81.9 Å². The molecule has 0 heterocycles. The van der Waals surface area contributed by atoms with Crippen LogP contribution in [0.1, 0.15) is 5.56 Å². The summed E-state index contributed by atoms with van der Waals surface area (Å²) in [4.78, 5) is 24.1. The van der Waals surface area contributed by atoms with E-state index in [1.54, 1.807) is 26.3 Å². The molecule has 2 aromatic carbocycles. The third-order valence-corrected chi connectivity index (χ3v) is 3.44. The van der Waals surface area contributed by atoms with E-state index in [1.165, 1.54) is 17.0 Å². The smallest absolute Gasteiger partial charge is 0.310 e. The highest BCUT2D eigenvalue weighted by atomic mass is 16.6. The molecule has 0 bridgehead atoms. The fourth-order valence-corrected chi connectivity index (χ4v) is 2.16. The van der Waals surface area contributed by atoms with Crippen LogP contribution in [-0.4, -0.2) is 36.5 Å². The number of nitro groups is 1. The molecule has 0 aliphatic heterocycles. The predicted molar refractivity (Wildman–Crippen MR) is 88.1 cm³/mol. The second-order valence-corrected chi connectivity index (χ2v) is 5.08. The number of ether oxygens (including phenoxy) is 2. The highest BCUT2D eigenvalue weighted by Crippen LogP contribution is 2.25. The molecule has 1 amide bonds. The van der Waals surface area contributed by atoms with Crippen molar-refractivity contribution in [3.8, 4) is 11.5 Å². The van der Waals surface area contributed by atoms with Gasteiger partial charge in [0.1, 0.15) is 5.75 Å². The Kier molecular flexibility index (Phi) is 5.73. The summed E-state index contributed by atoms with van der Waals surface area (Å²) >= 11 is 0. The third kappa shape index (κ3) is 4.22. The van der Waals surface area contributed by atoms with Gasteiger partial charge in [-0.25, -0.2) is 0 Å². The van der Waals surface area contributed by atoms with Crippen molar-refractivity contribution in [2.75, 3.05) is 20.8 Å². The molecule has 0 aliphatic carbocycles. The molecule has 2 aromatic rings. The molecule has 0 radical (unpaired) electrons. The fourth-order valence-electron chi connectivity index (χ4n) is 2.16. The molecule has 0 atom stereocenters. The molecule has 0 saturated heterocycles. The number of methoxy groups -OCH3 is 1. The number of para-hydroxylation sites is 3. The molecule has 126 valence electrons. The van der Waals surface area contributed by atoms with E-state index in [1.807, 2.05) is 24.3 Å². The second-order valence-electron chi connectivity index (χ2n) is 5.08. The quantitative estimate of drug-likeness (QED) is 0.576. The minimum absolute atomic E-state index is 0.0709. The van der Waals surface area contributed by atoms with Gasteiger partial charge >= 0.3 is 5.69 Å². The molecule has 0 aromatic heterocycles. The zero-order valence-electron chi connectivity index (χ0n) is 13.5. The lowest BCUT2D eigenvalue weighted by Crippen LogP contribution is -2.31. The first kappa shape index (κ1) is 17.3. The number of nitrogens with zero attached hydrogens (tertiary/aromatic N) is 2. The molecule has 24 heavy (non-hydrogen) atoms. The van der Waals surface area contributed by atoms with Gasteiger partial charge in [-0.05, 0) is 12.1 Å². The van der Waals surface area contributed by atoms with Crippen molar-refractivity contribution in [1.29, 1.82) is 0 Å². The Labute approximate surface area is 139 Å². The number of benzene rings is 2. The van der Waals surface area contributed by atoms with Gasteiger partial charge in [-0.15, -0.1) is 0 Å². The fraction of sp³-hybridized carbons (Fsp3) is 0.235. The first-order chi connectivity index (χ1) is 11.5. The summed E-state index contributed by atoms with van der Waals surface area (Å²) in [5, 5.41) is 10.9. The number of hydrogen-bond donors (Lipinski definition) is 0. The van der Waals surface area contributed by atoms with Crippen molar-refractivity contribution < 1.29 is 19.2 Å². The van der Waals surface area contributed by atoms with E-state index in [2.05, 4.69) is 0 Å². The third-order valence-electron chi connectivity index (χ3n) is 3.44. The normalized spacial score (nSPS) is 10.1. The van der Waals surface area contributed by atoms with Crippen LogP contribution in [0.15, 0.2) is 48.5 Å². The molecule has 0 spiro atoms. The van der Waals surface area contributed by atoms with Crippen LogP contribution in [-0.2, 0) is 11.3 Å². The lowest BCUT2D eigenvalue weighted by molar-refractivity contribution is -0.385. The second kappa shape index (κ2) is 7.96. The Bertz CT molecular complexity index is 732. The average Bonchev–Trinajstić information content (AvgIpc) is 2.60. The lowest BCUT2D eigenvalue weighted by atomic mass is 10.2. The summed E-state index contributed by atoms with van der Waals surface area (Å²) in [6, 6.07) is 13.3. The molecule has 0 saturated carbocycles. The maximum absolute atomic E-state index is 12.2. The number of hydrogen-bond acceptors (Lipinski definition) is 5. The molecular formula is C17H18N2O5. The van der Waals surface area contributed by atoms with Gasteiger partial charge in [-0.2, -0.15) is 0 Å². The van der Waals surface area contributed by atoms with Crippen LogP contribution in [0.25, 0.3) is 0 Å². The Balaban J connectivity index is 1.99. The van der Waals surface area contributed by atoms with E-state index in [0.29, 0.717) is 12.3 Å². The molecule has 0 unspecified atom stereocenters. The van der Waals surface area contributed by atoms with Crippen LogP contribution in [0.2, 0.25) is 0 Å². The molecule has 0 N–H and O–H groups in total. The van der Waals surface area contributed by atoms with Gasteiger partial charge in [0.05, 0.1) is 12.0 Å². The average molecular weight is 330 g/mol. The van der Waals surface area contributed by atoms with Crippen LogP contribution < -0.4 is 9.47 Å². The minimum Gasteiger partial charge on any atom is -0.496 e. The lowest BCUT2D eigenvalue weighted by Gasteiger charge is -2.19. The van der Waals surface area contributed by atoms with E-state index in [4.69, 9.17) is 9.47 Å². The number of amides is 1. The summed E-state index contributed by atoms with van der Waals surface area (Å²) in [7, 11) is 3.20. The van der Waals surface area contributed by atoms with Gasteiger partial charge in [0.15, 0.2) is 12.4 Å². The number of nitro benzene ring substituents is 1. The van der Waals surface area contributed by atoms with Gasteiger partial charge < -0.3 is 14.4 Å². The largest absolute Gasteiger partial charge is 0.496 e. The van der Waals surface area contributed by atoms with Gasteiger partial charge in [0.2, 0.25) is 0 Å². The Morgan fingerprint density at radius 2 is 1.75 bits per heavy atom. The van der Waals surface area contributed by atoms with Crippen molar-refractivity contribution in [2.24, 2.45) is 0 Å². The number of carbonyl (C=O) groups is 1. The van der Waals surface area contributed by atoms with Gasteiger partial charge in [-0.3, -0.25) is 14.9 Å². The van der Waals surface area contributed by atoms with Crippen molar-refractivity contribution in [3.05, 3.63) is 64.2 Å². The van der Waals surface area contributed by atoms with Crippen LogP contribution in [0, 0.1) is 10.1 Å². The van der Waals surface area contributed by atoms with Crippen LogP contribution in [0.3, 0.4) is 0 Å². The SMILES string of the molecule is COc1ccccc1CN(C)C(=O)COc1ccccc1[N+](=O)[O-]. The first-order valence-electron chi connectivity index (χ1n) is 7.25. The zero-order chi connectivity index (χ0) is 17.5.